The number of fused-ring (bicyclic) bond motifs is 1. The van der Waals surface area contributed by atoms with Crippen molar-refractivity contribution in [2.24, 2.45) is 0 Å². The van der Waals surface area contributed by atoms with Gasteiger partial charge in [-0.3, -0.25) is 4.79 Å². The first-order valence-electron chi connectivity index (χ1n) is 12.1. The van der Waals surface area contributed by atoms with Crippen LogP contribution in [0.5, 0.6) is 5.75 Å². The lowest BCUT2D eigenvalue weighted by Gasteiger charge is -2.34. The first-order chi connectivity index (χ1) is 15.6. The Bertz CT molecular complexity index is 1030. The molecule has 3 atom stereocenters. The fraction of sp³-hybridized carbons (Fsp3) is 0.536. The summed E-state index contributed by atoms with van der Waals surface area (Å²) >= 11 is 0. The minimum absolute atomic E-state index is 0.0691. The normalized spacial score (nSPS) is 22.5. The van der Waals surface area contributed by atoms with E-state index < -0.39 is 6.10 Å². The van der Waals surface area contributed by atoms with Gasteiger partial charge in [-0.25, -0.2) is 0 Å². The van der Waals surface area contributed by atoms with E-state index in [0.717, 1.165) is 30.0 Å². The van der Waals surface area contributed by atoms with Gasteiger partial charge in [0.1, 0.15) is 17.5 Å². The highest BCUT2D eigenvalue weighted by molar-refractivity contribution is 5.73. The van der Waals surface area contributed by atoms with Gasteiger partial charge in [0, 0.05) is 42.1 Å². The minimum Gasteiger partial charge on any atom is -0.487 e. The molecule has 5 heteroatoms. The average molecular weight is 452 g/mol. The molecular weight excluding hydrogens is 414 g/mol. The number of ether oxygens (including phenoxy) is 2. The van der Waals surface area contributed by atoms with Gasteiger partial charge in [-0.2, -0.15) is 0 Å². The quantitative estimate of drug-likeness (QED) is 0.559. The van der Waals surface area contributed by atoms with Crippen molar-refractivity contribution in [3.05, 3.63) is 58.1 Å². The monoisotopic (exact) mass is 451 g/mol. The molecule has 5 nitrogen and oxygen atoms in total. The standard InChI is InChI=1S/C28H37NO4/c1-16(2)24-25(18(4)22-12-20(30)13-23(31)32-22)27-21(14-28(5,6)33-27)17(3)26(24)29-15-19-10-8-7-9-11-19/h7-11,16,18,20,22,29-30H,12-15H2,1-6H3/t18?,20-,22+/m1/s1. The summed E-state index contributed by atoms with van der Waals surface area (Å²) in [7, 11) is 0. The number of rotatable bonds is 6. The molecule has 2 aliphatic rings. The van der Waals surface area contributed by atoms with E-state index in [1.807, 2.05) is 6.07 Å². The molecule has 1 saturated heterocycles. The molecule has 0 aliphatic carbocycles. The Morgan fingerprint density at radius 3 is 2.48 bits per heavy atom. The van der Waals surface area contributed by atoms with Crippen LogP contribution in [0, 0.1) is 6.92 Å². The third-order valence-electron chi connectivity index (χ3n) is 6.98. The zero-order valence-electron chi connectivity index (χ0n) is 20.7. The van der Waals surface area contributed by atoms with Gasteiger partial charge < -0.3 is 19.9 Å². The van der Waals surface area contributed by atoms with Crippen LogP contribution in [0.1, 0.15) is 87.1 Å². The maximum absolute atomic E-state index is 12.1. The third-order valence-corrected chi connectivity index (χ3v) is 6.98. The van der Waals surface area contributed by atoms with Crippen LogP contribution in [0.4, 0.5) is 5.69 Å². The van der Waals surface area contributed by atoms with Gasteiger partial charge in [0.15, 0.2) is 0 Å². The molecule has 2 N–H and O–H groups in total. The van der Waals surface area contributed by atoms with E-state index in [1.54, 1.807) is 0 Å². The van der Waals surface area contributed by atoms with E-state index in [0.29, 0.717) is 6.42 Å². The smallest absolute Gasteiger partial charge is 0.308 e. The number of carbonyl (C=O) groups excluding carboxylic acids is 1. The molecule has 4 rings (SSSR count). The molecule has 2 aromatic carbocycles. The summed E-state index contributed by atoms with van der Waals surface area (Å²) in [4.78, 5) is 12.1. The van der Waals surface area contributed by atoms with Crippen molar-refractivity contribution in [2.75, 3.05) is 5.32 Å². The van der Waals surface area contributed by atoms with E-state index in [4.69, 9.17) is 9.47 Å². The molecule has 2 heterocycles. The Morgan fingerprint density at radius 1 is 1.15 bits per heavy atom. The predicted molar refractivity (Wildman–Crippen MR) is 131 cm³/mol. The topological polar surface area (TPSA) is 67.8 Å². The molecule has 0 bridgehead atoms. The van der Waals surface area contributed by atoms with Gasteiger partial charge in [0.05, 0.1) is 12.5 Å². The van der Waals surface area contributed by atoms with Crippen LogP contribution in [0.2, 0.25) is 0 Å². The molecule has 2 aliphatic heterocycles. The second-order valence-electron chi connectivity index (χ2n) is 10.6. The van der Waals surface area contributed by atoms with E-state index in [2.05, 4.69) is 71.1 Å². The Kier molecular flexibility index (Phi) is 6.45. The summed E-state index contributed by atoms with van der Waals surface area (Å²) in [6.45, 7) is 13.7. The van der Waals surface area contributed by atoms with Crippen LogP contribution in [-0.4, -0.2) is 28.9 Å². The summed E-state index contributed by atoms with van der Waals surface area (Å²) in [5.74, 6) is 0.752. The summed E-state index contributed by atoms with van der Waals surface area (Å²) in [6, 6.07) is 10.4. The first kappa shape index (κ1) is 23.6. The van der Waals surface area contributed by atoms with Crippen LogP contribution in [0.3, 0.4) is 0 Å². The fourth-order valence-electron chi connectivity index (χ4n) is 5.38. The van der Waals surface area contributed by atoms with Gasteiger partial charge >= 0.3 is 5.97 Å². The molecule has 0 amide bonds. The van der Waals surface area contributed by atoms with Crippen molar-refractivity contribution in [1.29, 1.82) is 0 Å². The molecule has 0 aromatic heterocycles. The molecule has 178 valence electrons. The lowest BCUT2D eigenvalue weighted by molar-refractivity contribution is -0.161. The van der Waals surface area contributed by atoms with E-state index >= 15 is 0 Å². The van der Waals surface area contributed by atoms with Gasteiger partial charge in [0.2, 0.25) is 0 Å². The van der Waals surface area contributed by atoms with Crippen LogP contribution in [0.25, 0.3) is 0 Å². The van der Waals surface area contributed by atoms with Crippen molar-refractivity contribution in [3.63, 3.8) is 0 Å². The molecule has 2 aromatic rings. The highest BCUT2D eigenvalue weighted by Gasteiger charge is 2.41. The Morgan fingerprint density at radius 2 is 1.85 bits per heavy atom. The number of hydrogen-bond donors (Lipinski definition) is 2. The summed E-state index contributed by atoms with van der Waals surface area (Å²) in [6.07, 6.45) is 0.315. The van der Waals surface area contributed by atoms with Crippen molar-refractivity contribution in [3.8, 4) is 5.75 Å². The number of hydrogen-bond acceptors (Lipinski definition) is 5. The molecule has 0 radical (unpaired) electrons. The number of nitrogens with one attached hydrogen (secondary N) is 1. The lowest BCUT2D eigenvalue weighted by atomic mass is 9.79. The average Bonchev–Trinajstić information content (AvgIpc) is 3.07. The maximum atomic E-state index is 12.1. The van der Waals surface area contributed by atoms with Crippen molar-refractivity contribution >= 4 is 11.7 Å². The van der Waals surface area contributed by atoms with Crippen molar-refractivity contribution in [1.82, 2.24) is 0 Å². The van der Waals surface area contributed by atoms with E-state index in [9.17, 15) is 9.90 Å². The number of benzene rings is 2. The Balaban J connectivity index is 1.83. The van der Waals surface area contributed by atoms with Gasteiger partial charge in [-0.1, -0.05) is 51.1 Å². The first-order valence-corrected chi connectivity index (χ1v) is 12.1. The van der Waals surface area contributed by atoms with Gasteiger partial charge in [-0.15, -0.1) is 0 Å². The summed E-state index contributed by atoms with van der Waals surface area (Å²) in [5, 5.41) is 14.0. The molecule has 33 heavy (non-hydrogen) atoms. The minimum atomic E-state index is -0.660. The molecule has 1 unspecified atom stereocenters. The summed E-state index contributed by atoms with van der Waals surface area (Å²) < 4.78 is 12.3. The Hall–Kier alpha value is -2.53. The highest BCUT2D eigenvalue weighted by Crippen LogP contribution is 2.51. The number of esters is 1. The molecule has 0 spiro atoms. The number of aliphatic hydroxyl groups excluding tert-OH is 1. The highest BCUT2D eigenvalue weighted by atomic mass is 16.5. The van der Waals surface area contributed by atoms with Crippen molar-refractivity contribution in [2.45, 2.75) is 97.0 Å². The van der Waals surface area contributed by atoms with Crippen LogP contribution in [0.15, 0.2) is 30.3 Å². The predicted octanol–water partition coefficient (Wildman–Crippen LogP) is 5.61. The zero-order chi connectivity index (χ0) is 23.9. The van der Waals surface area contributed by atoms with Crippen LogP contribution >= 0.6 is 0 Å². The number of anilines is 1. The molecule has 0 saturated carbocycles. The number of carbonyl (C=O) groups is 1. The van der Waals surface area contributed by atoms with Gasteiger partial charge in [0.25, 0.3) is 0 Å². The van der Waals surface area contributed by atoms with Crippen molar-refractivity contribution < 1.29 is 19.4 Å². The number of aliphatic hydroxyl groups is 1. The second-order valence-corrected chi connectivity index (χ2v) is 10.6. The lowest BCUT2D eigenvalue weighted by Crippen LogP contribution is -2.36. The third kappa shape index (κ3) is 4.74. The molecule has 1 fully saturated rings. The Labute approximate surface area is 197 Å². The number of cyclic esters (lactones) is 1. The summed E-state index contributed by atoms with van der Waals surface area (Å²) in [5.41, 5.74) is 6.86. The maximum Gasteiger partial charge on any atom is 0.308 e. The SMILES string of the molecule is Cc1c2c(c(C(C)[C@@H]3C[C@@H](O)CC(=O)O3)c(C(C)C)c1NCc1ccccc1)OC(C)(C)C2. The van der Waals surface area contributed by atoms with Crippen LogP contribution in [-0.2, 0) is 22.5 Å². The second kappa shape index (κ2) is 9.02. The van der Waals surface area contributed by atoms with E-state index in [-0.39, 0.29) is 35.9 Å². The zero-order valence-corrected chi connectivity index (χ0v) is 20.7. The van der Waals surface area contributed by atoms with Gasteiger partial charge in [-0.05, 0) is 43.4 Å². The van der Waals surface area contributed by atoms with Crippen LogP contribution < -0.4 is 10.1 Å². The fourth-order valence-corrected chi connectivity index (χ4v) is 5.38. The largest absolute Gasteiger partial charge is 0.487 e. The molecular formula is C28H37NO4. The van der Waals surface area contributed by atoms with E-state index in [1.165, 1.54) is 22.3 Å².